The largest absolute Gasteiger partial charge is 0.363 e. The van der Waals surface area contributed by atoms with Crippen molar-refractivity contribution in [2.45, 2.75) is 25.8 Å². The average molecular weight is 342 g/mol. The summed E-state index contributed by atoms with van der Waals surface area (Å²) in [6, 6.07) is 8.32. The van der Waals surface area contributed by atoms with E-state index in [1.54, 1.807) is 6.20 Å². The Bertz CT molecular complexity index is 1140. The zero-order valence-corrected chi connectivity index (χ0v) is 14.4. The van der Waals surface area contributed by atoms with E-state index >= 15 is 0 Å². The minimum absolute atomic E-state index is 0.239. The highest BCUT2D eigenvalue weighted by molar-refractivity contribution is 5.90. The predicted octanol–water partition coefficient (Wildman–Crippen LogP) is 3.42. The lowest BCUT2D eigenvalue weighted by Crippen LogP contribution is -2.22. The molecule has 5 heterocycles. The monoisotopic (exact) mass is 342 g/mol. The minimum atomic E-state index is 0.239. The Labute approximate surface area is 150 Å². The summed E-state index contributed by atoms with van der Waals surface area (Å²) in [6.07, 6.45) is 11.7. The number of aryl methyl sites for hydroxylation is 2. The maximum absolute atomic E-state index is 4.73. The lowest BCUT2D eigenvalue weighted by molar-refractivity contribution is 0.719. The van der Waals surface area contributed by atoms with Crippen LogP contribution in [0.15, 0.2) is 48.9 Å². The average Bonchev–Trinajstić information content (AvgIpc) is 3.10. The molecule has 0 spiro atoms. The van der Waals surface area contributed by atoms with Gasteiger partial charge < -0.3 is 5.32 Å². The van der Waals surface area contributed by atoms with E-state index < -0.39 is 0 Å². The number of nitrogens with one attached hydrogen (secondary N) is 1. The molecule has 0 radical (unpaired) electrons. The van der Waals surface area contributed by atoms with Gasteiger partial charge in [-0.3, -0.25) is 4.98 Å². The summed E-state index contributed by atoms with van der Waals surface area (Å²) in [6.45, 7) is 2.06. The Balaban J connectivity index is 1.36. The molecule has 1 aliphatic heterocycles. The molecule has 0 aliphatic carbocycles. The molecule has 0 saturated heterocycles. The van der Waals surface area contributed by atoms with Crippen molar-refractivity contribution in [3.8, 4) is 0 Å². The third kappa shape index (κ3) is 2.60. The SMILES string of the molecule is Cc1cnc2c(c1)C=CC(CCc1nc3c4cccnc4ccn3n1)N2. The van der Waals surface area contributed by atoms with Crippen molar-refractivity contribution in [2.75, 3.05) is 5.32 Å². The van der Waals surface area contributed by atoms with Gasteiger partial charge >= 0.3 is 0 Å². The molecule has 5 rings (SSSR count). The molecule has 1 N–H and O–H groups in total. The quantitative estimate of drug-likeness (QED) is 0.618. The van der Waals surface area contributed by atoms with E-state index in [0.29, 0.717) is 0 Å². The van der Waals surface area contributed by atoms with Crippen molar-refractivity contribution in [2.24, 2.45) is 0 Å². The Kier molecular flexibility index (Phi) is 3.41. The molecule has 6 nitrogen and oxygen atoms in total. The fraction of sp³-hybridized carbons (Fsp3) is 0.200. The molecule has 1 atom stereocenters. The second-order valence-corrected chi connectivity index (χ2v) is 6.65. The zero-order chi connectivity index (χ0) is 17.5. The topological polar surface area (TPSA) is 68.0 Å². The van der Waals surface area contributed by atoms with E-state index in [0.717, 1.165) is 46.6 Å². The van der Waals surface area contributed by atoms with Crippen molar-refractivity contribution in [3.05, 3.63) is 65.9 Å². The van der Waals surface area contributed by atoms with Crippen LogP contribution in [0.4, 0.5) is 5.82 Å². The van der Waals surface area contributed by atoms with Crippen LogP contribution in [0.3, 0.4) is 0 Å². The van der Waals surface area contributed by atoms with Crippen molar-refractivity contribution >= 4 is 28.4 Å². The standard InChI is InChI=1S/C20H18N6/c1-13-11-14-4-5-15(23-19(14)22-12-13)6-7-18-24-20-16-3-2-9-21-17(16)8-10-26(20)25-18/h2-5,8-12,15H,6-7H2,1H3,(H,22,23). The van der Waals surface area contributed by atoms with Gasteiger partial charge in [0.25, 0.3) is 0 Å². The van der Waals surface area contributed by atoms with Crippen LogP contribution >= 0.6 is 0 Å². The minimum Gasteiger partial charge on any atom is -0.363 e. The van der Waals surface area contributed by atoms with Gasteiger partial charge in [0, 0.05) is 42.0 Å². The number of pyridine rings is 3. The summed E-state index contributed by atoms with van der Waals surface area (Å²) in [5.74, 6) is 1.79. The van der Waals surface area contributed by atoms with E-state index in [1.165, 1.54) is 5.56 Å². The molecule has 1 unspecified atom stereocenters. The molecule has 0 aromatic carbocycles. The van der Waals surface area contributed by atoms with Crippen LogP contribution in [-0.2, 0) is 6.42 Å². The molecular weight excluding hydrogens is 324 g/mol. The number of aromatic nitrogens is 5. The van der Waals surface area contributed by atoms with Gasteiger partial charge in [0.2, 0.25) is 0 Å². The first kappa shape index (κ1) is 15.0. The van der Waals surface area contributed by atoms with Gasteiger partial charge in [0.05, 0.1) is 5.52 Å². The normalized spacial score (nSPS) is 16.0. The summed E-state index contributed by atoms with van der Waals surface area (Å²) in [7, 11) is 0. The molecule has 4 aromatic heterocycles. The summed E-state index contributed by atoms with van der Waals surface area (Å²) in [5, 5.41) is 9.13. The van der Waals surface area contributed by atoms with Gasteiger partial charge in [-0.25, -0.2) is 14.5 Å². The lowest BCUT2D eigenvalue weighted by atomic mass is 10.0. The number of anilines is 1. The highest BCUT2D eigenvalue weighted by atomic mass is 15.3. The van der Waals surface area contributed by atoms with Crippen LogP contribution in [0.1, 0.15) is 23.4 Å². The van der Waals surface area contributed by atoms with E-state index in [9.17, 15) is 0 Å². The summed E-state index contributed by atoms with van der Waals surface area (Å²) >= 11 is 0. The van der Waals surface area contributed by atoms with Crippen molar-refractivity contribution in [1.82, 2.24) is 24.6 Å². The number of fused-ring (bicyclic) bond motifs is 4. The van der Waals surface area contributed by atoms with Crippen LogP contribution in [0, 0.1) is 6.92 Å². The highest BCUT2D eigenvalue weighted by Gasteiger charge is 2.15. The van der Waals surface area contributed by atoms with Gasteiger partial charge in [-0.1, -0.05) is 12.2 Å². The first-order chi connectivity index (χ1) is 12.8. The van der Waals surface area contributed by atoms with E-state index in [4.69, 9.17) is 4.98 Å². The van der Waals surface area contributed by atoms with Gasteiger partial charge in [-0.05, 0) is 43.2 Å². The Morgan fingerprint density at radius 3 is 3.15 bits per heavy atom. The van der Waals surface area contributed by atoms with Crippen molar-refractivity contribution < 1.29 is 0 Å². The second-order valence-electron chi connectivity index (χ2n) is 6.65. The van der Waals surface area contributed by atoms with Crippen LogP contribution in [0.5, 0.6) is 0 Å². The fourth-order valence-corrected chi connectivity index (χ4v) is 3.38. The van der Waals surface area contributed by atoms with Crippen molar-refractivity contribution in [3.63, 3.8) is 0 Å². The predicted molar refractivity (Wildman–Crippen MR) is 102 cm³/mol. The number of hydrogen-bond donors (Lipinski definition) is 1. The first-order valence-electron chi connectivity index (χ1n) is 8.77. The van der Waals surface area contributed by atoms with Crippen LogP contribution < -0.4 is 5.32 Å². The number of hydrogen-bond acceptors (Lipinski definition) is 5. The molecule has 0 saturated carbocycles. The molecule has 0 bridgehead atoms. The molecular formula is C20H18N6. The summed E-state index contributed by atoms with van der Waals surface area (Å²) in [5.41, 5.74) is 4.12. The van der Waals surface area contributed by atoms with Gasteiger partial charge in [0.1, 0.15) is 5.82 Å². The third-order valence-corrected chi connectivity index (χ3v) is 4.69. The smallest absolute Gasteiger partial charge is 0.164 e. The second kappa shape index (κ2) is 5.91. The van der Waals surface area contributed by atoms with E-state index in [2.05, 4.69) is 45.5 Å². The summed E-state index contributed by atoms with van der Waals surface area (Å²) < 4.78 is 1.84. The molecule has 4 aromatic rings. The Hall–Kier alpha value is -3.28. The van der Waals surface area contributed by atoms with Gasteiger partial charge in [-0.15, -0.1) is 0 Å². The van der Waals surface area contributed by atoms with Crippen LogP contribution in [-0.4, -0.2) is 30.6 Å². The van der Waals surface area contributed by atoms with Crippen LogP contribution in [0.25, 0.3) is 22.6 Å². The molecule has 0 fully saturated rings. The third-order valence-electron chi connectivity index (χ3n) is 4.69. The van der Waals surface area contributed by atoms with Crippen molar-refractivity contribution in [1.29, 1.82) is 0 Å². The first-order valence-corrected chi connectivity index (χ1v) is 8.77. The molecule has 1 aliphatic rings. The van der Waals surface area contributed by atoms with Gasteiger partial charge in [-0.2, -0.15) is 5.10 Å². The highest BCUT2D eigenvalue weighted by Crippen LogP contribution is 2.23. The maximum atomic E-state index is 4.73. The van der Waals surface area contributed by atoms with E-state index in [-0.39, 0.29) is 6.04 Å². The van der Waals surface area contributed by atoms with Crippen LogP contribution in [0.2, 0.25) is 0 Å². The fourth-order valence-electron chi connectivity index (χ4n) is 3.38. The number of rotatable bonds is 3. The Morgan fingerprint density at radius 1 is 1.23 bits per heavy atom. The Morgan fingerprint density at radius 2 is 2.19 bits per heavy atom. The molecule has 6 heteroatoms. The zero-order valence-electron chi connectivity index (χ0n) is 14.4. The van der Waals surface area contributed by atoms with Gasteiger partial charge in [0.15, 0.2) is 11.5 Å². The molecule has 0 amide bonds. The molecule has 128 valence electrons. The molecule has 26 heavy (non-hydrogen) atoms. The summed E-state index contributed by atoms with van der Waals surface area (Å²) in [4.78, 5) is 13.6. The van der Waals surface area contributed by atoms with E-state index in [1.807, 2.05) is 35.1 Å². The number of nitrogens with zero attached hydrogens (tertiary/aromatic N) is 5. The lowest BCUT2D eigenvalue weighted by Gasteiger charge is -2.21. The maximum Gasteiger partial charge on any atom is 0.164 e.